The van der Waals surface area contributed by atoms with Crippen LogP contribution in [-0.2, 0) is 4.84 Å². The lowest BCUT2D eigenvalue weighted by atomic mass is 10.1. The van der Waals surface area contributed by atoms with E-state index in [2.05, 4.69) is 28.8 Å². The molecule has 0 amide bonds. The minimum absolute atomic E-state index is 0.588. The number of aromatic nitrogens is 1. The number of rotatable bonds is 14. The molecule has 0 aliphatic rings. The van der Waals surface area contributed by atoms with Crippen molar-refractivity contribution in [1.29, 1.82) is 0 Å². The molecule has 1 heterocycles. The van der Waals surface area contributed by atoms with Crippen LogP contribution in [0.3, 0.4) is 0 Å². The topological polar surface area (TPSA) is 62.2 Å². The van der Waals surface area contributed by atoms with Crippen molar-refractivity contribution in [1.82, 2.24) is 4.98 Å². The van der Waals surface area contributed by atoms with Gasteiger partial charge < -0.3 is 19.0 Å². The highest BCUT2D eigenvalue weighted by Crippen LogP contribution is 2.28. The lowest BCUT2D eigenvalue weighted by Gasteiger charge is -2.14. The summed E-state index contributed by atoms with van der Waals surface area (Å²) in [4.78, 5) is 8.95. The van der Waals surface area contributed by atoms with Crippen LogP contribution in [0.5, 0.6) is 16.7 Å². The summed E-state index contributed by atoms with van der Waals surface area (Å²) in [5.74, 6) is 1.85. The van der Waals surface area contributed by atoms with Gasteiger partial charge in [-0.15, -0.1) is 0 Å². The summed E-state index contributed by atoms with van der Waals surface area (Å²) in [7, 11) is 1.51. The molecule has 0 spiro atoms. The van der Waals surface area contributed by atoms with Crippen LogP contribution in [0.25, 0.3) is 0 Å². The van der Waals surface area contributed by atoms with Gasteiger partial charge in [-0.05, 0) is 69.7 Å². The number of hydrogen-bond acceptors (Lipinski definition) is 7. The third kappa shape index (κ3) is 8.45. The molecule has 0 unspecified atom stereocenters. The maximum Gasteiger partial charge on any atom is 0.273 e. The predicted octanol–water partition coefficient (Wildman–Crippen LogP) is 5.71. The Labute approximate surface area is 183 Å². The van der Waals surface area contributed by atoms with Crippen LogP contribution in [0.4, 0.5) is 0 Å². The molecule has 0 saturated heterocycles. The fourth-order valence-electron chi connectivity index (χ4n) is 2.85. The molecular weight excluding hydrogens is 400 g/mol. The highest BCUT2D eigenvalue weighted by molar-refractivity contribution is 7.11. The molecular formula is C23H32N2O4S. The van der Waals surface area contributed by atoms with E-state index < -0.39 is 0 Å². The molecule has 1 aromatic carbocycles. The van der Waals surface area contributed by atoms with Gasteiger partial charge in [0, 0.05) is 5.38 Å². The minimum atomic E-state index is 0.588. The summed E-state index contributed by atoms with van der Waals surface area (Å²) in [5, 5.41) is 6.24. The Morgan fingerprint density at radius 3 is 2.37 bits per heavy atom. The van der Waals surface area contributed by atoms with Gasteiger partial charge in [-0.3, -0.25) is 0 Å². The van der Waals surface area contributed by atoms with E-state index in [1.54, 1.807) is 6.21 Å². The van der Waals surface area contributed by atoms with Crippen molar-refractivity contribution in [2.24, 2.45) is 5.16 Å². The number of thiazole rings is 1. The lowest BCUT2D eigenvalue weighted by Crippen LogP contribution is -2.03. The molecule has 2 rings (SSSR count). The van der Waals surface area contributed by atoms with E-state index in [-0.39, 0.29) is 0 Å². The Morgan fingerprint density at radius 1 is 1.00 bits per heavy atom. The number of ether oxygens (including phenoxy) is 3. The van der Waals surface area contributed by atoms with Crippen LogP contribution in [0.1, 0.15) is 49.4 Å². The Bertz CT molecular complexity index is 794. The van der Waals surface area contributed by atoms with Crippen molar-refractivity contribution >= 4 is 17.6 Å². The number of benzene rings is 1. The normalized spacial score (nSPS) is 11.3. The molecule has 0 aliphatic carbocycles. The molecule has 164 valence electrons. The number of unbranched alkanes of at least 4 members (excludes halogenated alkanes) is 3. The van der Waals surface area contributed by atoms with Crippen LogP contribution in [-0.4, -0.2) is 38.1 Å². The van der Waals surface area contributed by atoms with Crippen LogP contribution < -0.4 is 14.2 Å². The lowest BCUT2D eigenvalue weighted by molar-refractivity contribution is 0.215. The SMILES string of the molecule is C/C=C/COc1cc(C)c(OCCCCCCOc2nc(/C=N/OC)cs2)c(C)c1. The molecule has 6 nitrogen and oxygen atoms in total. The largest absolute Gasteiger partial charge is 0.493 e. The maximum atomic E-state index is 6.03. The Balaban J connectivity index is 1.60. The molecule has 0 radical (unpaired) electrons. The molecule has 0 bridgehead atoms. The minimum Gasteiger partial charge on any atom is -0.493 e. The highest BCUT2D eigenvalue weighted by atomic mass is 32.1. The fourth-order valence-corrected chi connectivity index (χ4v) is 3.50. The van der Waals surface area contributed by atoms with Gasteiger partial charge in [0.1, 0.15) is 25.2 Å². The first-order valence-electron chi connectivity index (χ1n) is 10.3. The number of nitrogens with zero attached hydrogens (tertiary/aromatic N) is 2. The van der Waals surface area contributed by atoms with Crippen molar-refractivity contribution in [3.05, 3.63) is 46.5 Å². The van der Waals surface area contributed by atoms with Gasteiger partial charge in [0.05, 0.1) is 25.1 Å². The smallest absolute Gasteiger partial charge is 0.273 e. The number of aryl methyl sites for hydroxylation is 2. The van der Waals surface area contributed by atoms with E-state index in [4.69, 9.17) is 14.2 Å². The number of oxime groups is 1. The van der Waals surface area contributed by atoms with Gasteiger partial charge in [0.25, 0.3) is 5.19 Å². The summed E-state index contributed by atoms with van der Waals surface area (Å²) in [6.45, 7) is 8.09. The highest BCUT2D eigenvalue weighted by Gasteiger charge is 2.07. The van der Waals surface area contributed by atoms with E-state index in [0.717, 1.165) is 60.6 Å². The Morgan fingerprint density at radius 2 is 1.70 bits per heavy atom. The predicted molar refractivity (Wildman–Crippen MR) is 122 cm³/mol. The van der Waals surface area contributed by atoms with Gasteiger partial charge in [-0.25, -0.2) is 4.98 Å². The van der Waals surface area contributed by atoms with Crippen LogP contribution >= 0.6 is 11.3 Å². The van der Waals surface area contributed by atoms with Crippen LogP contribution in [0.15, 0.2) is 34.8 Å². The second kappa shape index (κ2) is 13.6. The third-order valence-electron chi connectivity index (χ3n) is 4.32. The molecule has 7 heteroatoms. The van der Waals surface area contributed by atoms with E-state index in [9.17, 15) is 0 Å². The summed E-state index contributed by atoms with van der Waals surface area (Å²) in [6, 6.07) is 4.07. The summed E-state index contributed by atoms with van der Waals surface area (Å²) < 4.78 is 17.4. The fraction of sp³-hybridized carbons (Fsp3) is 0.478. The van der Waals surface area contributed by atoms with E-state index in [0.29, 0.717) is 18.4 Å². The average Bonchev–Trinajstić information content (AvgIpc) is 3.18. The molecule has 2 aromatic rings. The van der Waals surface area contributed by atoms with Crippen molar-refractivity contribution < 1.29 is 19.0 Å². The van der Waals surface area contributed by atoms with Crippen molar-refractivity contribution in [3.8, 4) is 16.7 Å². The summed E-state index contributed by atoms with van der Waals surface area (Å²) in [6.07, 6.45) is 9.77. The summed E-state index contributed by atoms with van der Waals surface area (Å²) in [5.41, 5.74) is 2.96. The van der Waals surface area contributed by atoms with E-state index in [1.165, 1.54) is 18.4 Å². The van der Waals surface area contributed by atoms with E-state index in [1.807, 2.05) is 36.6 Å². The Kier molecular flexibility index (Phi) is 10.8. The zero-order chi connectivity index (χ0) is 21.6. The number of allylic oxidation sites excluding steroid dienone is 1. The first-order valence-corrected chi connectivity index (χ1v) is 11.1. The van der Waals surface area contributed by atoms with Crippen molar-refractivity contribution in [2.45, 2.75) is 46.5 Å². The van der Waals surface area contributed by atoms with Crippen molar-refractivity contribution in [3.63, 3.8) is 0 Å². The zero-order valence-electron chi connectivity index (χ0n) is 18.3. The number of hydrogen-bond donors (Lipinski definition) is 0. The monoisotopic (exact) mass is 432 g/mol. The molecule has 0 atom stereocenters. The molecule has 0 fully saturated rings. The van der Waals surface area contributed by atoms with Gasteiger partial charge in [-0.1, -0.05) is 28.6 Å². The van der Waals surface area contributed by atoms with Gasteiger partial charge in [0.15, 0.2) is 0 Å². The van der Waals surface area contributed by atoms with Crippen molar-refractivity contribution in [2.75, 3.05) is 26.9 Å². The molecule has 1 aromatic heterocycles. The Hall–Kier alpha value is -2.54. The standard InChI is InChI=1S/C23H32N2O4S/c1-5-6-11-27-21-14-18(2)22(19(3)15-21)28-12-9-7-8-10-13-29-23-25-20(17-30-23)16-24-26-4/h5-6,14-17H,7-13H2,1-4H3/b6-5+,24-16+. The van der Waals surface area contributed by atoms with Gasteiger partial charge >= 0.3 is 0 Å². The second-order valence-corrected chi connectivity index (χ2v) is 7.65. The maximum absolute atomic E-state index is 6.03. The second-order valence-electron chi connectivity index (χ2n) is 6.83. The molecule has 0 saturated carbocycles. The third-order valence-corrected chi connectivity index (χ3v) is 5.09. The summed E-state index contributed by atoms with van der Waals surface area (Å²) >= 11 is 1.47. The van der Waals surface area contributed by atoms with Crippen LogP contribution in [0.2, 0.25) is 0 Å². The van der Waals surface area contributed by atoms with Gasteiger partial charge in [-0.2, -0.15) is 0 Å². The molecule has 0 N–H and O–H groups in total. The van der Waals surface area contributed by atoms with E-state index >= 15 is 0 Å². The average molecular weight is 433 g/mol. The molecule has 0 aliphatic heterocycles. The zero-order valence-corrected chi connectivity index (χ0v) is 19.2. The first kappa shape index (κ1) is 23.7. The first-order chi connectivity index (χ1) is 14.6. The van der Waals surface area contributed by atoms with Gasteiger partial charge in [0.2, 0.25) is 0 Å². The van der Waals surface area contributed by atoms with Crippen LogP contribution in [0, 0.1) is 13.8 Å². The quantitative estimate of drug-likeness (QED) is 0.165. The molecule has 30 heavy (non-hydrogen) atoms.